The highest BCUT2D eigenvalue weighted by Crippen LogP contribution is 2.16. The first-order valence-corrected chi connectivity index (χ1v) is 8.50. The van der Waals surface area contributed by atoms with Crippen LogP contribution in [-0.4, -0.2) is 34.4 Å². The van der Waals surface area contributed by atoms with Crippen molar-refractivity contribution < 1.29 is 4.79 Å². The minimum Gasteiger partial charge on any atom is -0.340 e. The second-order valence-electron chi connectivity index (χ2n) is 5.97. The predicted octanol–water partition coefficient (Wildman–Crippen LogP) is 3.96. The highest BCUT2D eigenvalue weighted by Gasteiger charge is 2.15. The van der Waals surface area contributed by atoms with Crippen LogP contribution in [0.3, 0.4) is 0 Å². The van der Waals surface area contributed by atoms with E-state index in [1.807, 2.05) is 26.1 Å². The average Bonchev–Trinajstić information content (AvgIpc) is 2.59. The van der Waals surface area contributed by atoms with E-state index in [1.165, 1.54) is 5.56 Å². The number of anilines is 2. The maximum absolute atomic E-state index is 12.5. The Labute approximate surface area is 144 Å². The lowest BCUT2D eigenvalue weighted by Crippen LogP contribution is -2.28. The van der Waals surface area contributed by atoms with Gasteiger partial charge in [0.25, 0.3) is 5.91 Å². The number of carbonyl (C=O) groups excluding carboxylic acids is 1. The number of hydrogen-bond donors (Lipinski definition) is 1. The number of nitrogens with zero attached hydrogens (tertiary/aromatic N) is 3. The molecule has 2 aromatic rings. The van der Waals surface area contributed by atoms with Crippen molar-refractivity contribution in [1.29, 1.82) is 0 Å². The molecule has 1 N–H and O–H groups in total. The topological polar surface area (TPSA) is 58.1 Å². The van der Waals surface area contributed by atoms with Crippen LogP contribution in [0.15, 0.2) is 30.3 Å². The van der Waals surface area contributed by atoms with Gasteiger partial charge in [-0.25, -0.2) is 9.97 Å². The molecule has 0 radical (unpaired) electrons. The maximum atomic E-state index is 12.5. The summed E-state index contributed by atoms with van der Waals surface area (Å²) in [4.78, 5) is 23.0. The van der Waals surface area contributed by atoms with E-state index in [2.05, 4.69) is 41.3 Å². The molecular formula is C19H26N4O. The van der Waals surface area contributed by atoms with Gasteiger partial charge in [0, 0.05) is 25.0 Å². The molecule has 5 heteroatoms. The number of carbonyl (C=O) groups is 1. The number of rotatable bonds is 7. The molecule has 0 bridgehead atoms. The van der Waals surface area contributed by atoms with Crippen molar-refractivity contribution in [2.75, 3.05) is 18.9 Å². The van der Waals surface area contributed by atoms with Crippen LogP contribution in [0.2, 0.25) is 0 Å². The third-order valence-electron chi connectivity index (χ3n) is 3.89. The number of unbranched alkanes of at least 4 members (excludes halogenated alkanes) is 1. The molecule has 128 valence electrons. The summed E-state index contributed by atoms with van der Waals surface area (Å²) in [5, 5.41) is 3.18. The van der Waals surface area contributed by atoms with Crippen molar-refractivity contribution in [3.63, 3.8) is 0 Å². The quantitative estimate of drug-likeness (QED) is 0.836. The first-order chi connectivity index (χ1) is 11.5. The Balaban J connectivity index is 2.16. The van der Waals surface area contributed by atoms with Crippen LogP contribution in [-0.2, 0) is 6.42 Å². The standard InChI is InChI=1S/C19H26N4O/c1-5-7-12-23(4)18(24)17-13-14(3)20-19(22-17)21-16-10-8-15(6-2)9-11-16/h8-11,13H,5-7,12H2,1-4H3,(H,20,21,22). The van der Waals surface area contributed by atoms with E-state index in [-0.39, 0.29) is 5.91 Å². The molecule has 0 saturated carbocycles. The highest BCUT2D eigenvalue weighted by atomic mass is 16.2. The zero-order chi connectivity index (χ0) is 17.5. The summed E-state index contributed by atoms with van der Waals surface area (Å²) in [7, 11) is 1.81. The Morgan fingerprint density at radius 3 is 2.50 bits per heavy atom. The molecule has 1 aromatic carbocycles. The van der Waals surface area contributed by atoms with Gasteiger partial charge in [-0.05, 0) is 43.5 Å². The van der Waals surface area contributed by atoms with Gasteiger partial charge < -0.3 is 10.2 Å². The Morgan fingerprint density at radius 1 is 1.17 bits per heavy atom. The second kappa shape index (κ2) is 8.43. The highest BCUT2D eigenvalue weighted by molar-refractivity contribution is 5.92. The van der Waals surface area contributed by atoms with Crippen molar-refractivity contribution in [1.82, 2.24) is 14.9 Å². The summed E-state index contributed by atoms with van der Waals surface area (Å²) in [6.45, 7) is 6.84. The van der Waals surface area contributed by atoms with Crippen molar-refractivity contribution in [2.24, 2.45) is 0 Å². The smallest absolute Gasteiger partial charge is 0.272 e. The van der Waals surface area contributed by atoms with Crippen molar-refractivity contribution >= 4 is 17.5 Å². The van der Waals surface area contributed by atoms with E-state index in [0.717, 1.165) is 37.2 Å². The molecule has 0 fully saturated rings. The number of hydrogen-bond acceptors (Lipinski definition) is 4. The van der Waals surface area contributed by atoms with E-state index in [0.29, 0.717) is 11.6 Å². The molecule has 1 amide bonds. The van der Waals surface area contributed by atoms with Gasteiger partial charge in [-0.15, -0.1) is 0 Å². The van der Waals surface area contributed by atoms with Crippen LogP contribution in [0, 0.1) is 6.92 Å². The van der Waals surface area contributed by atoms with Crippen LogP contribution in [0.4, 0.5) is 11.6 Å². The molecule has 2 rings (SSSR count). The van der Waals surface area contributed by atoms with E-state index >= 15 is 0 Å². The van der Waals surface area contributed by atoms with Crippen LogP contribution >= 0.6 is 0 Å². The number of aromatic nitrogens is 2. The van der Waals surface area contributed by atoms with Crippen LogP contribution in [0.25, 0.3) is 0 Å². The number of nitrogens with one attached hydrogen (secondary N) is 1. The van der Waals surface area contributed by atoms with Gasteiger partial charge in [0.05, 0.1) is 0 Å². The minimum atomic E-state index is -0.0710. The van der Waals surface area contributed by atoms with Gasteiger partial charge in [-0.2, -0.15) is 0 Å². The largest absolute Gasteiger partial charge is 0.340 e. The Bertz CT molecular complexity index is 682. The van der Waals surface area contributed by atoms with Gasteiger partial charge in [-0.1, -0.05) is 32.4 Å². The molecule has 0 aliphatic rings. The van der Waals surface area contributed by atoms with Gasteiger partial charge in [0.15, 0.2) is 0 Å². The summed E-state index contributed by atoms with van der Waals surface area (Å²) < 4.78 is 0. The van der Waals surface area contributed by atoms with Gasteiger partial charge in [0.2, 0.25) is 5.95 Å². The Kier molecular flexibility index (Phi) is 6.29. The lowest BCUT2D eigenvalue weighted by molar-refractivity contribution is 0.0787. The zero-order valence-corrected chi connectivity index (χ0v) is 15.0. The van der Waals surface area contributed by atoms with Gasteiger partial charge in [-0.3, -0.25) is 4.79 Å². The number of benzene rings is 1. The summed E-state index contributed by atoms with van der Waals surface area (Å²) in [5.74, 6) is 0.379. The van der Waals surface area contributed by atoms with Crippen LogP contribution in [0.5, 0.6) is 0 Å². The molecular weight excluding hydrogens is 300 g/mol. The normalized spacial score (nSPS) is 10.5. The number of amides is 1. The third kappa shape index (κ3) is 4.78. The molecule has 0 atom stereocenters. The lowest BCUT2D eigenvalue weighted by Gasteiger charge is -2.17. The molecule has 0 spiro atoms. The van der Waals surface area contributed by atoms with E-state index < -0.39 is 0 Å². The summed E-state index contributed by atoms with van der Waals surface area (Å²) in [6.07, 6.45) is 3.05. The first kappa shape index (κ1) is 17.9. The Hall–Kier alpha value is -2.43. The molecule has 0 unspecified atom stereocenters. The van der Waals surface area contributed by atoms with E-state index in [1.54, 1.807) is 11.0 Å². The fourth-order valence-corrected chi connectivity index (χ4v) is 2.38. The molecule has 24 heavy (non-hydrogen) atoms. The average molecular weight is 326 g/mol. The predicted molar refractivity (Wildman–Crippen MR) is 97.7 cm³/mol. The Morgan fingerprint density at radius 2 is 1.88 bits per heavy atom. The van der Waals surface area contributed by atoms with Gasteiger partial charge >= 0.3 is 0 Å². The zero-order valence-electron chi connectivity index (χ0n) is 15.0. The van der Waals surface area contributed by atoms with E-state index in [9.17, 15) is 4.79 Å². The molecule has 0 saturated heterocycles. The summed E-state index contributed by atoms with van der Waals surface area (Å²) in [5.41, 5.74) is 3.38. The fraction of sp³-hybridized carbons (Fsp3) is 0.421. The lowest BCUT2D eigenvalue weighted by atomic mass is 10.1. The number of aryl methyl sites for hydroxylation is 2. The minimum absolute atomic E-state index is 0.0710. The molecule has 5 nitrogen and oxygen atoms in total. The van der Waals surface area contributed by atoms with Crippen molar-refractivity contribution in [3.8, 4) is 0 Å². The van der Waals surface area contributed by atoms with Crippen LogP contribution in [0.1, 0.15) is 48.4 Å². The van der Waals surface area contributed by atoms with Crippen molar-refractivity contribution in [2.45, 2.75) is 40.0 Å². The molecule has 0 aliphatic heterocycles. The fourth-order valence-electron chi connectivity index (χ4n) is 2.38. The maximum Gasteiger partial charge on any atom is 0.272 e. The molecule has 1 aromatic heterocycles. The van der Waals surface area contributed by atoms with Crippen molar-refractivity contribution in [3.05, 3.63) is 47.3 Å². The van der Waals surface area contributed by atoms with Gasteiger partial charge in [0.1, 0.15) is 5.69 Å². The first-order valence-electron chi connectivity index (χ1n) is 8.50. The second-order valence-corrected chi connectivity index (χ2v) is 5.97. The molecule has 0 aliphatic carbocycles. The van der Waals surface area contributed by atoms with Crippen LogP contribution < -0.4 is 5.32 Å². The SMILES string of the molecule is CCCCN(C)C(=O)c1cc(C)nc(Nc2ccc(CC)cc2)n1. The van der Waals surface area contributed by atoms with E-state index in [4.69, 9.17) is 0 Å². The third-order valence-corrected chi connectivity index (χ3v) is 3.89. The summed E-state index contributed by atoms with van der Waals surface area (Å²) in [6, 6.07) is 9.88. The monoisotopic (exact) mass is 326 g/mol. The molecule has 1 heterocycles. The summed E-state index contributed by atoms with van der Waals surface area (Å²) >= 11 is 0.